The largest absolute Gasteiger partial charge is 0.332 e. The molecule has 0 aliphatic carbocycles. The van der Waals surface area contributed by atoms with Crippen LogP contribution in [0, 0.1) is 20.8 Å². The van der Waals surface area contributed by atoms with Crippen molar-refractivity contribution in [3.8, 4) is 0 Å². The highest BCUT2D eigenvalue weighted by Gasteiger charge is 2.17. The number of aryl methyl sites for hydroxylation is 3. The van der Waals surface area contributed by atoms with Gasteiger partial charge in [-0.15, -0.1) is 0 Å². The van der Waals surface area contributed by atoms with Gasteiger partial charge in [0, 0.05) is 11.3 Å². The maximum Gasteiger partial charge on any atom is 0.261 e. The Morgan fingerprint density at radius 2 is 1.39 bits per heavy atom. The molecule has 31 heavy (non-hydrogen) atoms. The highest BCUT2D eigenvalue weighted by atomic mass is 32.2. The van der Waals surface area contributed by atoms with Gasteiger partial charge < -0.3 is 5.32 Å². The van der Waals surface area contributed by atoms with E-state index in [1.165, 1.54) is 12.1 Å². The van der Waals surface area contributed by atoms with Crippen molar-refractivity contribution < 1.29 is 13.2 Å². The third-order valence-electron chi connectivity index (χ3n) is 4.76. The zero-order valence-electron chi connectivity index (χ0n) is 17.4. The predicted octanol–water partition coefficient (Wildman–Crippen LogP) is 4.54. The van der Waals surface area contributed by atoms with Crippen LogP contribution in [0.1, 0.15) is 27.0 Å². The number of hydrogen-bond acceptors (Lipinski definition) is 4. The van der Waals surface area contributed by atoms with E-state index in [1.54, 1.807) is 24.3 Å². The van der Waals surface area contributed by atoms with E-state index in [2.05, 4.69) is 15.4 Å². The van der Waals surface area contributed by atoms with Gasteiger partial charge in [-0.2, -0.15) is 0 Å². The fourth-order valence-corrected chi connectivity index (χ4v) is 4.46. The van der Waals surface area contributed by atoms with Gasteiger partial charge >= 0.3 is 0 Å². The fourth-order valence-electron chi connectivity index (χ4n) is 3.05. The second kappa shape index (κ2) is 9.28. The maximum atomic E-state index is 12.8. The van der Waals surface area contributed by atoms with Gasteiger partial charge in [0.05, 0.1) is 10.6 Å². The molecule has 160 valence electrons. The molecule has 0 saturated heterocycles. The number of carbonyl (C=O) groups excluding carboxylic acids is 1. The molecule has 0 fully saturated rings. The minimum absolute atomic E-state index is 0.121. The Bertz CT molecular complexity index is 1220. The summed E-state index contributed by atoms with van der Waals surface area (Å²) in [6.07, 6.45) is 0. The minimum atomic E-state index is -3.74. The molecule has 6 nitrogen and oxygen atoms in total. The average molecular weight is 454 g/mol. The predicted molar refractivity (Wildman–Crippen MR) is 128 cm³/mol. The molecule has 8 heteroatoms. The Kier molecular flexibility index (Phi) is 6.72. The number of benzene rings is 3. The molecule has 0 unspecified atom stereocenters. The van der Waals surface area contributed by atoms with Crippen molar-refractivity contribution >= 4 is 44.6 Å². The Balaban J connectivity index is 1.67. The number of nitrogens with one attached hydrogen (secondary N) is 3. The van der Waals surface area contributed by atoms with Gasteiger partial charge in [0.15, 0.2) is 5.11 Å². The number of hydrogen-bond donors (Lipinski definition) is 3. The Morgan fingerprint density at radius 3 is 2.00 bits per heavy atom. The highest BCUT2D eigenvalue weighted by Crippen LogP contribution is 2.24. The molecule has 0 atom stereocenters. The van der Waals surface area contributed by atoms with E-state index in [1.807, 2.05) is 51.1 Å². The lowest BCUT2D eigenvalue weighted by molar-refractivity contribution is 0.0977. The molecule has 0 saturated carbocycles. The standard InChI is InChI=1S/C23H23N3O3S2/c1-15-7-4-5-10-20(15)22(27)25-23(30)24-18-11-13-19(14-12-18)31(28,29)26-21-16(2)8-6-9-17(21)3/h4-14,26H,1-3H3,(H2,24,25,27,30). The summed E-state index contributed by atoms with van der Waals surface area (Å²) in [7, 11) is -3.74. The summed E-state index contributed by atoms with van der Waals surface area (Å²) < 4.78 is 28.2. The quantitative estimate of drug-likeness (QED) is 0.494. The lowest BCUT2D eigenvalue weighted by Gasteiger charge is -2.14. The van der Waals surface area contributed by atoms with Gasteiger partial charge in [-0.05, 0) is 80.0 Å². The van der Waals surface area contributed by atoms with Crippen LogP contribution in [0.3, 0.4) is 0 Å². The lowest BCUT2D eigenvalue weighted by atomic mass is 10.1. The third kappa shape index (κ3) is 5.48. The van der Waals surface area contributed by atoms with Gasteiger partial charge in [-0.25, -0.2) is 8.42 Å². The number of sulfonamides is 1. The highest BCUT2D eigenvalue weighted by molar-refractivity contribution is 7.92. The van der Waals surface area contributed by atoms with Crippen LogP contribution < -0.4 is 15.4 Å². The molecule has 3 aromatic rings. The summed E-state index contributed by atoms with van der Waals surface area (Å²) in [5, 5.41) is 5.64. The van der Waals surface area contributed by atoms with E-state index in [4.69, 9.17) is 12.2 Å². The monoisotopic (exact) mass is 453 g/mol. The SMILES string of the molecule is Cc1ccccc1C(=O)NC(=S)Nc1ccc(S(=O)(=O)Nc2c(C)cccc2C)cc1. The van der Waals surface area contributed by atoms with Crippen LogP contribution in [0.4, 0.5) is 11.4 Å². The zero-order valence-corrected chi connectivity index (χ0v) is 19.0. The van der Waals surface area contributed by atoms with E-state index in [-0.39, 0.29) is 15.9 Å². The Morgan fingerprint density at radius 1 is 0.806 bits per heavy atom. The molecule has 1 amide bonds. The van der Waals surface area contributed by atoms with Crippen molar-refractivity contribution in [1.82, 2.24) is 5.32 Å². The summed E-state index contributed by atoms with van der Waals surface area (Å²) in [6, 6.07) is 18.9. The van der Waals surface area contributed by atoms with Crippen molar-refractivity contribution in [2.75, 3.05) is 10.0 Å². The third-order valence-corrected chi connectivity index (χ3v) is 6.33. The molecule has 0 aromatic heterocycles. The van der Waals surface area contributed by atoms with Crippen molar-refractivity contribution in [1.29, 1.82) is 0 Å². The van der Waals surface area contributed by atoms with Crippen molar-refractivity contribution in [2.45, 2.75) is 25.7 Å². The summed E-state index contributed by atoms with van der Waals surface area (Å²) in [4.78, 5) is 12.5. The maximum absolute atomic E-state index is 12.8. The molecule has 0 radical (unpaired) electrons. The number of para-hydroxylation sites is 1. The number of rotatable bonds is 5. The van der Waals surface area contributed by atoms with E-state index in [0.717, 1.165) is 16.7 Å². The van der Waals surface area contributed by atoms with Crippen LogP contribution in [-0.4, -0.2) is 19.4 Å². The molecule has 3 aromatic carbocycles. The van der Waals surface area contributed by atoms with Gasteiger partial charge in [0.2, 0.25) is 0 Å². The van der Waals surface area contributed by atoms with Crippen LogP contribution in [0.5, 0.6) is 0 Å². The van der Waals surface area contributed by atoms with Crippen molar-refractivity contribution in [2.24, 2.45) is 0 Å². The number of amides is 1. The van der Waals surface area contributed by atoms with Crippen LogP contribution in [0.2, 0.25) is 0 Å². The van der Waals surface area contributed by atoms with Crippen molar-refractivity contribution in [3.05, 3.63) is 89.0 Å². The van der Waals surface area contributed by atoms with Crippen molar-refractivity contribution in [3.63, 3.8) is 0 Å². The van der Waals surface area contributed by atoms with Crippen LogP contribution >= 0.6 is 12.2 Å². The molecule has 0 heterocycles. The normalized spacial score (nSPS) is 10.9. The van der Waals surface area contributed by atoms with Crippen LogP contribution in [0.25, 0.3) is 0 Å². The molecule has 3 N–H and O–H groups in total. The van der Waals surface area contributed by atoms with Gasteiger partial charge in [0.1, 0.15) is 0 Å². The first kappa shape index (κ1) is 22.5. The summed E-state index contributed by atoms with van der Waals surface area (Å²) in [5.74, 6) is -0.312. The number of thiocarbonyl (C=S) groups is 1. The molecule has 3 rings (SSSR count). The van der Waals surface area contributed by atoms with E-state index >= 15 is 0 Å². The fraction of sp³-hybridized carbons (Fsp3) is 0.130. The number of anilines is 2. The van der Waals surface area contributed by atoms with Gasteiger partial charge in [-0.1, -0.05) is 36.4 Å². The van der Waals surface area contributed by atoms with Crippen LogP contribution in [0.15, 0.2) is 71.6 Å². The smallest absolute Gasteiger partial charge is 0.261 e. The second-order valence-electron chi connectivity index (χ2n) is 7.12. The van der Waals surface area contributed by atoms with E-state index in [9.17, 15) is 13.2 Å². The van der Waals surface area contributed by atoms with Gasteiger partial charge in [0.25, 0.3) is 15.9 Å². The van der Waals surface area contributed by atoms with Crippen LogP contribution in [-0.2, 0) is 10.0 Å². The zero-order chi connectivity index (χ0) is 22.6. The molecule has 0 bridgehead atoms. The first-order valence-corrected chi connectivity index (χ1v) is 11.4. The molecule has 0 spiro atoms. The second-order valence-corrected chi connectivity index (χ2v) is 9.21. The van der Waals surface area contributed by atoms with E-state index < -0.39 is 10.0 Å². The molecule has 0 aliphatic rings. The Hall–Kier alpha value is -3.23. The summed E-state index contributed by atoms with van der Waals surface area (Å²) in [5.41, 5.74) is 4.19. The lowest BCUT2D eigenvalue weighted by Crippen LogP contribution is -2.34. The minimum Gasteiger partial charge on any atom is -0.332 e. The Labute approximate surface area is 187 Å². The molecule has 0 aliphatic heterocycles. The average Bonchev–Trinajstić information content (AvgIpc) is 2.71. The molecular weight excluding hydrogens is 430 g/mol. The topological polar surface area (TPSA) is 87.3 Å². The number of carbonyl (C=O) groups is 1. The molecular formula is C23H23N3O3S2. The summed E-state index contributed by atoms with van der Waals surface area (Å²) >= 11 is 5.20. The van der Waals surface area contributed by atoms with E-state index in [0.29, 0.717) is 16.9 Å². The first-order chi connectivity index (χ1) is 14.7. The summed E-state index contributed by atoms with van der Waals surface area (Å²) in [6.45, 7) is 5.55. The first-order valence-electron chi connectivity index (χ1n) is 9.54. The van der Waals surface area contributed by atoms with Gasteiger partial charge in [-0.3, -0.25) is 14.8 Å².